The standard InChI is InChI=1S/C15H19N5O2/c1-11(12-5-3-2-4-6-12)16-13-17-14(19-15(21)18-13)20-7-9-22-10-8-20/h2-6,11H,7-10H2,1H3,(H2,16,17,18,19,21). The lowest BCUT2D eigenvalue weighted by Crippen LogP contribution is -2.38. The van der Waals surface area contributed by atoms with Crippen molar-refractivity contribution < 1.29 is 4.74 Å². The first kappa shape index (κ1) is 14.5. The molecular weight excluding hydrogens is 282 g/mol. The van der Waals surface area contributed by atoms with Gasteiger partial charge in [0.05, 0.1) is 19.3 Å². The van der Waals surface area contributed by atoms with Gasteiger partial charge in [-0.3, -0.25) is 4.98 Å². The minimum Gasteiger partial charge on any atom is -0.378 e. The van der Waals surface area contributed by atoms with Crippen molar-refractivity contribution in [2.75, 3.05) is 36.5 Å². The van der Waals surface area contributed by atoms with Gasteiger partial charge in [-0.1, -0.05) is 30.3 Å². The zero-order chi connectivity index (χ0) is 15.4. The van der Waals surface area contributed by atoms with Crippen molar-refractivity contribution in [3.63, 3.8) is 0 Å². The molecule has 0 saturated carbocycles. The highest BCUT2D eigenvalue weighted by Crippen LogP contribution is 2.17. The summed E-state index contributed by atoms with van der Waals surface area (Å²) >= 11 is 0. The highest BCUT2D eigenvalue weighted by atomic mass is 16.5. The first-order valence-electron chi connectivity index (χ1n) is 7.35. The van der Waals surface area contributed by atoms with E-state index in [0.717, 1.165) is 5.56 Å². The van der Waals surface area contributed by atoms with E-state index >= 15 is 0 Å². The summed E-state index contributed by atoms with van der Waals surface area (Å²) in [6.07, 6.45) is 0. The zero-order valence-electron chi connectivity index (χ0n) is 12.5. The molecule has 1 aromatic carbocycles. The summed E-state index contributed by atoms with van der Waals surface area (Å²) in [6.45, 7) is 4.65. The fourth-order valence-corrected chi connectivity index (χ4v) is 2.38. The maximum atomic E-state index is 11.8. The van der Waals surface area contributed by atoms with Crippen LogP contribution in [-0.4, -0.2) is 41.3 Å². The number of nitrogens with one attached hydrogen (secondary N) is 2. The summed E-state index contributed by atoms with van der Waals surface area (Å²) in [5, 5.41) is 3.21. The summed E-state index contributed by atoms with van der Waals surface area (Å²) in [4.78, 5) is 24.7. The maximum absolute atomic E-state index is 11.8. The molecule has 2 N–H and O–H groups in total. The topological polar surface area (TPSA) is 83.1 Å². The second-order valence-corrected chi connectivity index (χ2v) is 5.18. The molecule has 0 aliphatic carbocycles. The van der Waals surface area contributed by atoms with E-state index in [2.05, 4.69) is 20.3 Å². The van der Waals surface area contributed by atoms with Gasteiger partial charge in [0.25, 0.3) is 0 Å². The molecule has 0 bridgehead atoms. The lowest BCUT2D eigenvalue weighted by molar-refractivity contribution is 0.122. The number of aromatic nitrogens is 3. The highest BCUT2D eigenvalue weighted by Gasteiger charge is 2.16. The van der Waals surface area contributed by atoms with Crippen molar-refractivity contribution in [1.82, 2.24) is 15.0 Å². The SMILES string of the molecule is CC(Nc1nc(N2CCOCC2)nc(=O)[nH]1)c1ccccc1. The summed E-state index contributed by atoms with van der Waals surface area (Å²) in [5.74, 6) is 0.868. The number of hydrogen-bond acceptors (Lipinski definition) is 6. The van der Waals surface area contributed by atoms with Crippen molar-refractivity contribution in [1.29, 1.82) is 0 Å². The molecule has 0 spiro atoms. The molecule has 2 aromatic rings. The van der Waals surface area contributed by atoms with Crippen molar-refractivity contribution >= 4 is 11.9 Å². The summed E-state index contributed by atoms with van der Waals surface area (Å²) in [7, 11) is 0. The number of benzene rings is 1. The number of H-pyrrole nitrogens is 1. The van der Waals surface area contributed by atoms with Crippen molar-refractivity contribution in [2.24, 2.45) is 0 Å². The van der Waals surface area contributed by atoms with Crippen LogP contribution in [0.2, 0.25) is 0 Å². The van der Waals surface area contributed by atoms with Crippen LogP contribution in [0.15, 0.2) is 35.1 Å². The van der Waals surface area contributed by atoms with Gasteiger partial charge >= 0.3 is 5.69 Å². The Balaban J connectivity index is 1.79. The first-order valence-corrected chi connectivity index (χ1v) is 7.35. The van der Waals surface area contributed by atoms with Crippen LogP contribution in [0.3, 0.4) is 0 Å². The van der Waals surface area contributed by atoms with Crippen molar-refractivity contribution in [3.8, 4) is 0 Å². The lowest BCUT2D eigenvalue weighted by atomic mass is 10.1. The molecule has 1 aliphatic heterocycles. The molecule has 3 rings (SSSR count). The van der Waals surface area contributed by atoms with E-state index < -0.39 is 5.69 Å². The monoisotopic (exact) mass is 301 g/mol. The summed E-state index contributed by atoms with van der Waals surface area (Å²) in [6, 6.07) is 10.0. The molecule has 1 aromatic heterocycles. The molecule has 0 radical (unpaired) electrons. The fraction of sp³-hybridized carbons (Fsp3) is 0.400. The van der Waals surface area contributed by atoms with Crippen LogP contribution in [0.5, 0.6) is 0 Å². The van der Waals surface area contributed by atoms with Gasteiger partial charge in [-0.25, -0.2) is 4.79 Å². The van der Waals surface area contributed by atoms with Crippen LogP contribution in [-0.2, 0) is 4.74 Å². The van der Waals surface area contributed by atoms with E-state index in [1.807, 2.05) is 42.2 Å². The molecule has 7 nitrogen and oxygen atoms in total. The molecule has 2 heterocycles. The Labute approximate surface area is 128 Å². The Kier molecular flexibility index (Phi) is 4.34. The summed E-state index contributed by atoms with van der Waals surface area (Å²) < 4.78 is 5.31. The van der Waals surface area contributed by atoms with Crippen LogP contribution < -0.4 is 15.9 Å². The van der Waals surface area contributed by atoms with Gasteiger partial charge in [0.15, 0.2) is 0 Å². The number of anilines is 2. The largest absolute Gasteiger partial charge is 0.378 e. The number of aromatic amines is 1. The minimum atomic E-state index is -0.403. The smallest absolute Gasteiger partial charge is 0.350 e. The van der Waals surface area contributed by atoms with Gasteiger partial charge in [0.1, 0.15) is 0 Å². The van der Waals surface area contributed by atoms with Gasteiger partial charge in [0.2, 0.25) is 11.9 Å². The van der Waals surface area contributed by atoms with Gasteiger partial charge in [-0.05, 0) is 12.5 Å². The van der Waals surface area contributed by atoms with E-state index in [1.54, 1.807) is 0 Å². The molecule has 1 saturated heterocycles. The highest BCUT2D eigenvalue weighted by molar-refractivity contribution is 5.38. The molecule has 1 unspecified atom stereocenters. The molecule has 0 amide bonds. The molecular formula is C15H19N5O2. The van der Waals surface area contributed by atoms with Crippen LogP contribution in [0.1, 0.15) is 18.5 Å². The number of rotatable bonds is 4. The quantitative estimate of drug-likeness (QED) is 0.882. The molecule has 22 heavy (non-hydrogen) atoms. The predicted octanol–water partition coefficient (Wildman–Crippen LogP) is 1.17. The Morgan fingerprint density at radius 1 is 1.23 bits per heavy atom. The first-order chi connectivity index (χ1) is 10.7. The molecule has 7 heteroatoms. The van der Waals surface area contributed by atoms with Gasteiger partial charge in [-0.15, -0.1) is 0 Å². The predicted molar refractivity (Wildman–Crippen MR) is 84.2 cm³/mol. The Hall–Kier alpha value is -2.41. The number of hydrogen-bond donors (Lipinski definition) is 2. The zero-order valence-corrected chi connectivity index (χ0v) is 12.5. The van der Waals surface area contributed by atoms with Crippen LogP contribution in [0.4, 0.5) is 11.9 Å². The minimum absolute atomic E-state index is 0.0317. The number of nitrogens with zero attached hydrogens (tertiary/aromatic N) is 3. The second kappa shape index (κ2) is 6.57. The molecule has 1 aliphatic rings. The van der Waals surface area contributed by atoms with Gasteiger partial charge in [0, 0.05) is 13.1 Å². The number of morpholine rings is 1. The Morgan fingerprint density at radius 2 is 1.95 bits per heavy atom. The second-order valence-electron chi connectivity index (χ2n) is 5.18. The van der Waals surface area contributed by atoms with Crippen molar-refractivity contribution in [2.45, 2.75) is 13.0 Å². The van der Waals surface area contributed by atoms with E-state index in [-0.39, 0.29) is 6.04 Å². The van der Waals surface area contributed by atoms with Crippen LogP contribution in [0.25, 0.3) is 0 Å². The fourth-order valence-electron chi connectivity index (χ4n) is 2.38. The van der Waals surface area contributed by atoms with E-state index in [1.165, 1.54) is 0 Å². The average Bonchev–Trinajstić information content (AvgIpc) is 2.56. The maximum Gasteiger partial charge on any atom is 0.350 e. The van der Waals surface area contributed by atoms with E-state index in [9.17, 15) is 4.79 Å². The molecule has 116 valence electrons. The molecule has 1 atom stereocenters. The lowest BCUT2D eigenvalue weighted by Gasteiger charge is -2.26. The third-order valence-corrected chi connectivity index (χ3v) is 3.59. The summed E-state index contributed by atoms with van der Waals surface area (Å²) in [5.41, 5.74) is 0.717. The van der Waals surface area contributed by atoms with E-state index in [0.29, 0.717) is 38.2 Å². The van der Waals surface area contributed by atoms with Gasteiger partial charge < -0.3 is 15.0 Å². The van der Waals surface area contributed by atoms with E-state index in [4.69, 9.17) is 4.74 Å². The van der Waals surface area contributed by atoms with Crippen LogP contribution in [0, 0.1) is 0 Å². The average molecular weight is 301 g/mol. The Bertz CT molecular complexity index is 667. The third kappa shape index (κ3) is 3.43. The molecule has 1 fully saturated rings. The number of ether oxygens (including phenoxy) is 1. The van der Waals surface area contributed by atoms with Crippen molar-refractivity contribution in [3.05, 3.63) is 46.4 Å². The van der Waals surface area contributed by atoms with Gasteiger partial charge in [-0.2, -0.15) is 9.97 Å². The van der Waals surface area contributed by atoms with Crippen LogP contribution >= 0.6 is 0 Å². The third-order valence-electron chi connectivity index (χ3n) is 3.59. The Morgan fingerprint density at radius 3 is 2.68 bits per heavy atom. The normalized spacial score (nSPS) is 16.3.